The van der Waals surface area contributed by atoms with Crippen LogP contribution in [0, 0.1) is 0 Å². The summed E-state index contributed by atoms with van der Waals surface area (Å²) in [6.45, 7) is 1.44. The zero-order chi connectivity index (χ0) is 20.9. The van der Waals surface area contributed by atoms with E-state index in [-0.39, 0.29) is 4.91 Å². The van der Waals surface area contributed by atoms with E-state index >= 15 is 0 Å². The van der Waals surface area contributed by atoms with Crippen LogP contribution in [-0.4, -0.2) is 14.4 Å². The molecular weight excluding hydrogens is 408 g/mol. The van der Waals surface area contributed by atoms with Gasteiger partial charge in [-0.15, -0.1) is 0 Å². The Morgan fingerprint density at radius 2 is 1.38 bits per heavy atom. The third kappa shape index (κ3) is 5.25. The Morgan fingerprint density at radius 3 is 1.97 bits per heavy atom. The predicted octanol–water partition coefficient (Wildman–Crippen LogP) is 5.58. The molecule has 0 saturated carbocycles. The predicted molar refractivity (Wildman–Crippen MR) is 118 cm³/mol. The van der Waals surface area contributed by atoms with Crippen molar-refractivity contribution in [3.8, 4) is 0 Å². The molecule has 0 bridgehead atoms. The molecule has 3 aromatic carbocycles. The first-order chi connectivity index (χ1) is 13.9. The van der Waals surface area contributed by atoms with Gasteiger partial charge in [0.15, 0.2) is 0 Å². The van der Waals surface area contributed by atoms with Crippen LogP contribution in [0.25, 0.3) is 6.08 Å². The van der Waals surface area contributed by atoms with Gasteiger partial charge >= 0.3 is 6.03 Å². The van der Waals surface area contributed by atoms with Gasteiger partial charge in [-0.3, -0.25) is 4.90 Å². The van der Waals surface area contributed by atoms with Gasteiger partial charge in [-0.1, -0.05) is 60.1 Å². The number of allylic oxidation sites excluding steroid dienone is 1. The topological polar surface area (TPSA) is 66.5 Å². The van der Waals surface area contributed by atoms with Crippen LogP contribution in [0.5, 0.6) is 0 Å². The van der Waals surface area contributed by atoms with Gasteiger partial charge in [-0.05, 0) is 55.0 Å². The third-order valence-corrected chi connectivity index (χ3v) is 5.78. The maximum absolute atomic E-state index is 13.0. The van der Waals surface area contributed by atoms with E-state index in [2.05, 4.69) is 4.72 Å². The number of sulfonamides is 1. The van der Waals surface area contributed by atoms with Crippen molar-refractivity contribution in [3.05, 3.63) is 100 Å². The quantitative estimate of drug-likeness (QED) is 0.579. The third-order valence-electron chi connectivity index (χ3n) is 4.12. The number of rotatable bonds is 5. The normalized spacial score (nSPS) is 11.7. The van der Waals surface area contributed by atoms with Gasteiger partial charge in [0.25, 0.3) is 10.0 Å². The van der Waals surface area contributed by atoms with E-state index in [4.69, 9.17) is 11.6 Å². The second-order valence-corrected chi connectivity index (χ2v) is 8.52. The van der Waals surface area contributed by atoms with Gasteiger partial charge in [0.05, 0.1) is 16.3 Å². The molecule has 5 nitrogen and oxygen atoms in total. The molecule has 29 heavy (non-hydrogen) atoms. The Kier molecular flexibility index (Phi) is 6.36. The maximum atomic E-state index is 13.0. The summed E-state index contributed by atoms with van der Waals surface area (Å²) in [4.78, 5) is 14.3. The fourth-order valence-corrected chi connectivity index (χ4v) is 3.55. The highest BCUT2D eigenvalue weighted by Gasteiger charge is 2.24. The van der Waals surface area contributed by atoms with Crippen LogP contribution in [0.2, 0.25) is 5.02 Å². The average Bonchev–Trinajstić information content (AvgIpc) is 2.71. The minimum absolute atomic E-state index is 0.0289. The largest absolute Gasteiger partial charge is 0.340 e. The SMILES string of the molecule is C/C(=C\c1ccccc1)S(=O)(=O)NC(=O)N(c1ccccc1)c1ccc(Cl)cc1. The van der Waals surface area contributed by atoms with E-state index in [1.807, 2.05) is 24.3 Å². The lowest BCUT2D eigenvalue weighted by Gasteiger charge is -2.23. The number of anilines is 2. The first-order valence-electron chi connectivity index (χ1n) is 8.78. The fourth-order valence-electron chi connectivity index (χ4n) is 2.65. The molecule has 2 amide bonds. The van der Waals surface area contributed by atoms with E-state index in [0.29, 0.717) is 16.4 Å². The lowest BCUT2D eigenvalue weighted by atomic mass is 10.2. The Balaban J connectivity index is 1.92. The average molecular weight is 427 g/mol. The van der Waals surface area contributed by atoms with Crippen LogP contribution in [0.3, 0.4) is 0 Å². The van der Waals surface area contributed by atoms with Crippen LogP contribution in [0.15, 0.2) is 89.8 Å². The molecule has 3 aromatic rings. The number of benzene rings is 3. The van der Waals surface area contributed by atoms with Crippen LogP contribution in [0.1, 0.15) is 12.5 Å². The molecule has 3 rings (SSSR count). The second-order valence-electron chi connectivity index (χ2n) is 6.22. The number of nitrogens with zero attached hydrogens (tertiary/aromatic N) is 1. The second kappa shape index (κ2) is 8.94. The van der Waals surface area contributed by atoms with Gasteiger partial charge in [-0.25, -0.2) is 17.9 Å². The minimum Gasteiger partial charge on any atom is -0.262 e. The zero-order valence-corrected chi connectivity index (χ0v) is 17.2. The molecule has 0 fully saturated rings. The van der Waals surface area contributed by atoms with Crippen molar-refractivity contribution < 1.29 is 13.2 Å². The molecule has 0 aliphatic heterocycles. The van der Waals surface area contributed by atoms with Crippen molar-refractivity contribution in [2.24, 2.45) is 0 Å². The number of nitrogens with one attached hydrogen (secondary N) is 1. The van der Waals surface area contributed by atoms with Crippen molar-refractivity contribution in [3.63, 3.8) is 0 Å². The maximum Gasteiger partial charge on any atom is 0.340 e. The summed E-state index contributed by atoms with van der Waals surface area (Å²) in [6, 6.07) is 23.6. The van der Waals surface area contributed by atoms with E-state index in [9.17, 15) is 13.2 Å². The smallest absolute Gasteiger partial charge is 0.262 e. The number of para-hydroxylation sites is 1. The molecular formula is C22H19ClN2O3S. The zero-order valence-electron chi connectivity index (χ0n) is 15.6. The van der Waals surface area contributed by atoms with Crippen molar-refractivity contribution in [2.75, 3.05) is 4.90 Å². The molecule has 0 saturated heterocycles. The molecule has 0 atom stereocenters. The number of urea groups is 1. The Hall–Kier alpha value is -3.09. The van der Waals surface area contributed by atoms with Crippen molar-refractivity contribution >= 4 is 45.1 Å². The summed E-state index contributed by atoms with van der Waals surface area (Å²) >= 11 is 5.94. The molecule has 7 heteroatoms. The summed E-state index contributed by atoms with van der Waals surface area (Å²) in [5.74, 6) is 0. The molecule has 0 spiro atoms. The number of amides is 2. The van der Waals surface area contributed by atoms with Gasteiger partial charge in [0.2, 0.25) is 0 Å². The van der Waals surface area contributed by atoms with Gasteiger partial charge in [-0.2, -0.15) is 0 Å². The first kappa shape index (κ1) is 20.6. The number of carbonyl (C=O) groups is 1. The number of hydrogen-bond acceptors (Lipinski definition) is 3. The summed E-state index contributed by atoms with van der Waals surface area (Å²) in [6.07, 6.45) is 1.50. The highest BCUT2D eigenvalue weighted by molar-refractivity contribution is 7.94. The Morgan fingerprint density at radius 1 is 0.862 bits per heavy atom. The first-order valence-corrected chi connectivity index (χ1v) is 10.6. The van der Waals surface area contributed by atoms with E-state index in [1.165, 1.54) is 17.9 Å². The molecule has 0 aliphatic carbocycles. The van der Waals surface area contributed by atoms with Crippen LogP contribution in [0.4, 0.5) is 16.2 Å². The van der Waals surface area contributed by atoms with E-state index in [0.717, 1.165) is 5.56 Å². The summed E-state index contributed by atoms with van der Waals surface area (Å²) in [7, 11) is -4.03. The van der Waals surface area contributed by atoms with Gasteiger partial charge in [0, 0.05) is 5.02 Å². The summed E-state index contributed by atoms with van der Waals surface area (Å²) in [5, 5.41) is 0.511. The van der Waals surface area contributed by atoms with Gasteiger partial charge in [0.1, 0.15) is 0 Å². The molecule has 0 heterocycles. The summed E-state index contributed by atoms with van der Waals surface area (Å²) < 4.78 is 27.6. The lowest BCUT2D eigenvalue weighted by Crippen LogP contribution is -2.40. The van der Waals surface area contributed by atoms with E-state index in [1.54, 1.807) is 60.7 Å². The minimum atomic E-state index is -4.03. The highest BCUT2D eigenvalue weighted by atomic mass is 35.5. The van der Waals surface area contributed by atoms with Crippen LogP contribution < -0.4 is 9.62 Å². The molecule has 0 radical (unpaired) electrons. The monoisotopic (exact) mass is 426 g/mol. The van der Waals surface area contributed by atoms with Crippen LogP contribution in [-0.2, 0) is 10.0 Å². The van der Waals surface area contributed by atoms with Crippen molar-refractivity contribution in [1.29, 1.82) is 0 Å². The Bertz CT molecular complexity index is 1110. The molecule has 0 unspecified atom stereocenters. The lowest BCUT2D eigenvalue weighted by molar-refractivity contribution is 0.253. The van der Waals surface area contributed by atoms with Gasteiger partial charge < -0.3 is 0 Å². The van der Waals surface area contributed by atoms with Crippen LogP contribution >= 0.6 is 11.6 Å². The number of carbonyl (C=O) groups excluding carboxylic acids is 1. The van der Waals surface area contributed by atoms with E-state index < -0.39 is 16.1 Å². The summed E-state index contributed by atoms with van der Waals surface area (Å²) in [5.41, 5.74) is 1.73. The number of halogens is 1. The molecule has 0 aromatic heterocycles. The molecule has 148 valence electrons. The number of hydrogen-bond donors (Lipinski definition) is 1. The molecule has 1 N–H and O–H groups in total. The Labute approximate surface area is 175 Å². The molecule has 0 aliphatic rings. The van der Waals surface area contributed by atoms with Crippen molar-refractivity contribution in [1.82, 2.24) is 4.72 Å². The van der Waals surface area contributed by atoms with Crippen molar-refractivity contribution in [2.45, 2.75) is 6.92 Å². The standard InChI is InChI=1S/C22H19ClN2O3S/c1-17(16-18-8-4-2-5-9-18)29(27,28)24-22(26)25(20-10-6-3-7-11-20)21-14-12-19(23)13-15-21/h2-16H,1H3,(H,24,26)/b17-16+. The highest BCUT2D eigenvalue weighted by Crippen LogP contribution is 2.27. The fraction of sp³-hybridized carbons (Fsp3) is 0.0455.